The van der Waals surface area contributed by atoms with Gasteiger partial charge in [-0.3, -0.25) is 4.68 Å². The van der Waals surface area contributed by atoms with Gasteiger partial charge in [-0.1, -0.05) is 85.3 Å². The fraction of sp³-hybridized carbons (Fsp3) is 0.909. The maximum absolute atomic E-state index is 4.33. The van der Waals surface area contributed by atoms with Crippen LogP contribution < -0.4 is 0 Å². The number of hydrogen-bond donors (Lipinski definition) is 0. The molecule has 1 rings (SSSR count). The highest BCUT2D eigenvalue weighted by atomic mass is 15.4. The quantitative estimate of drug-likeness (QED) is 0.388. The Balaban J connectivity index is 2.04. The lowest BCUT2D eigenvalue weighted by molar-refractivity contribution is 0.356. The molecule has 0 N–H and O–H groups in total. The first-order valence-electron chi connectivity index (χ1n) is 10.5. The van der Waals surface area contributed by atoms with E-state index >= 15 is 0 Å². The van der Waals surface area contributed by atoms with E-state index in [1.807, 2.05) is 4.68 Å². The van der Waals surface area contributed by atoms with Crippen LogP contribution in [0, 0.1) is 10.8 Å². The van der Waals surface area contributed by atoms with Gasteiger partial charge in [0.1, 0.15) is 0 Å². The van der Waals surface area contributed by atoms with E-state index in [1.54, 1.807) is 0 Å². The van der Waals surface area contributed by atoms with Crippen molar-refractivity contribution in [2.75, 3.05) is 0 Å². The molecular formula is C22H43N3. The Morgan fingerprint density at radius 1 is 0.720 bits per heavy atom. The van der Waals surface area contributed by atoms with Gasteiger partial charge in [-0.25, -0.2) is 0 Å². The van der Waals surface area contributed by atoms with Crippen LogP contribution in [0.2, 0.25) is 0 Å². The first-order chi connectivity index (χ1) is 11.7. The Morgan fingerprint density at radius 3 is 1.84 bits per heavy atom. The summed E-state index contributed by atoms with van der Waals surface area (Å²) in [4.78, 5) is 0. The largest absolute Gasteiger partial charge is 0.252 e. The average Bonchev–Trinajstić information content (AvgIpc) is 2.91. The molecule has 0 spiro atoms. The molecule has 0 aromatic carbocycles. The van der Waals surface area contributed by atoms with Crippen molar-refractivity contribution >= 4 is 0 Å². The molecule has 0 aliphatic rings. The second kappa shape index (κ2) is 11.0. The summed E-state index contributed by atoms with van der Waals surface area (Å²) in [6.45, 7) is 15.0. The molecule has 0 radical (unpaired) electrons. The molecule has 1 heterocycles. The third-order valence-electron chi connectivity index (χ3n) is 4.76. The van der Waals surface area contributed by atoms with E-state index in [1.165, 1.54) is 69.9 Å². The molecule has 0 aliphatic carbocycles. The molecule has 1 aromatic rings. The second-order valence-corrected chi connectivity index (χ2v) is 10.2. The first-order valence-corrected chi connectivity index (χ1v) is 10.5. The zero-order valence-corrected chi connectivity index (χ0v) is 17.9. The molecule has 0 saturated heterocycles. The Morgan fingerprint density at radius 2 is 1.24 bits per heavy atom. The molecule has 25 heavy (non-hydrogen) atoms. The molecule has 0 atom stereocenters. The van der Waals surface area contributed by atoms with Gasteiger partial charge in [-0.05, 0) is 42.9 Å². The number of hydrogen-bond acceptors (Lipinski definition) is 2. The van der Waals surface area contributed by atoms with Crippen molar-refractivity contribution in [3.05, 3.63) is 11.9 Å². The van der Waals surface area contributed by atoms with E-state index in [4.69, 9.17) is 0 Å². The van der Waals surface area contributed by atoms with Crippen LogP contribution in [-0.2, 0) is 13.0 Å². The summed E-state index contributed by atoms with van der Waals surface area (Å²) in [7, 11) is 0. The summed E-state index contributed by atoms with van der Waals surface area (Å²) in [5.74, 6) is 0. The number of aryl methyl sites for hydroxylation is 2. The molecule has 0 saturated carbocycles. The minimum Gasteiger partial charge on any atom is -0.252 e. The number of rotatable bonds is 12. The fourth-order valence-electron chi connectivity index (χ4n) is 3.16. The van der Waals surface area contributed by atoms with Gasteiger partial charge in [0.15, 0.2) is 0 Å². The van der Waals surface area contributed by atoms with Gasteiger partial charge < -0.3 is 0 Å². The smallest absolute Gasteiger partial charge is 0.0827 e. The molecule has 1 aromatic heterocycles. The lowest BCUT2D eigenvalue weighted by Gasteiger charge is -2.17. The Kier molecular flexibility index (Phi) is 9.74. The Bertz CT molecular complexity index is 449. The SMILES string of the molecule is CC(C)(C)CCCCCCCn1cc(CCCCCC(C)(C)C)nn1. The van der Waals surface area contributed by atoms with Crippen molar-refractivity contribution in [1.29, 1.82) is 0 Å². The summed E-state index contributed by atoms with van der Waals surface area (Å²) in [6, 6.07) is 0. The van der Waals surface area contributed by atoms with Crippen LogP contribution in [0.3, 0.4) is 0 Å². The summed E-state index contributed by atoms with van der Waals surface area (Å²) < 4.78 is 2.04. The number of unbranched alkanes of at least 4 members (excludes halogenated alkanes) is 6. The highest BCUT2D eigenvalue weighted by Crippen LogP contribution is 2.23. The van der Waals surface area contributed by atoms with Crippen molar-refractivity contribution in [3.8, 4) is 0 Å². The molecule has 0 aliphatic heterocycles. The summed E-state index contributed by atoms with van der Waals surface area (Å²) in [5.41, 5.74) is 2.13. The molecule has 0 unspecified atom stereocenters. The molecule has 0 amide bonds. The Hall–Kier alpha value is -0.860. The monoisotopic (exact) mass is 349 g/mol. The van der Waals surface area contributed by atoms with Crippen molar-refractivity contribution in [1.82, 2.24) is 15.0 Å². The van der Waals surface area contributed by atoms with Crippen LogP contribution in [0.15, 0.2) is 6.20 Å². The highest BCUT2D eigenvalue weighted by Gasteiger charge is 2.10. The van der Waals surface area contributed by atoms with E-state index < -0.39 is 0 Å². The first kappa shape index (κ1) is 22.2. The highest BCUT2D eigenvalue weighted by molar-refractivity contribution is 4.92. The zero-order chi connectivity index (χ0) is 18.8. The predicted octanol–water partition coefficient (Wildman–Crippen LogP) is 6.81. The van der Waals surface area contributed by atoms with Crippen molar-refractivity contribution in [2.45, 2.75) is 119 Å². The Labute approximate surface area is 157 Å². The molecule has 3 nitrogen and oxygen atoms in total. The standard InChI is InChI=1S/C22H43N3/c1-21(2,3)16-12-8-7-9-14-18-25-19-20(23-24-25)15-11-10-13-17-22(4,5)6/h19H,7-18H2,1-6H3. The van der Waals surface area contributed by atoms with Gasteiger partial charge in [-0.2, -0.15) is 0 Å². The van der Waals surface area contributed by atoms with Crippen LogP contribution in [0.4, 0.5) is 0 Å². The maximum Gasteiger partial charge on any atom is 0.0827 e. The van der Waals surface area contributed by atoms with Gasteiger partial charge in [-0.15, -0.1) is 5.10 Å². The normalized spacial score (nSPS) is 12.7. The predicted molar refractivity (Wildman–Crippen MR) is 109 cm³/mol. The van der Waals surface area contributed by atoms with E-state index in [0.29, 0.717) is 10.8 Å². The van der Waals surface area contributed by atoms with Crippen LogP contribution >= 0.6 is 0 Å². The zero-order valence-electron chi connectivity index (χ0n) is 17.9. The van der Waals surface area contributed by atoms with E-state index in [9.17, 15) is 0 Å². The van der Waals surface area contributed by atoms with Crippen LogP contribution in [0.25, 0.3) is 0 Å². The third-order valence-corrected chi connectivity index (χ3v) is 4.76. The second-order valence-electron chi connectivity index (χ2n) is 10.2. The minimum absolute atomic E-state index is 0.468. The van der Waals surface area contributed by atoms with Gasteiger partial charge in [0.05, 0.1) is 5.69 Å². The van der Waals surface area contributed by atoms with Gasteiger partial charge >= 0.3 is 0 Å². The minimum atomic E-state index is 0.468. The lowest BCUT2D eigenvalue weighted by Crippen LogP contribution is -2.04. The molecule has 146 valence electrons. The molecule has 3 heteroatoms. The lowest BCUT2D eigenvalue weighted by atomic mass is 9.89. The number of aromatic nitrogens is 3. The van der Waals surface area contributed by atoms with E-state index in [-0.39, 0.29) is 0 Å². The van der Waals surface area contributed by atoms with Crippen molar-refractivity contribution in [3.63, 3.8) is 0 Å². The molecule has 0 bridgehead atoms. The third kappa shape index (κ3) is 13.1. The summed E-state index contributed by atoms with van der Waals surface area (Å²) in [6.07, 6.45) is 16.4. The van der Waals surface area contributed by atoms with Crippen LogP contribution in [-0.4, -0.2) is 15.0 Å². The fourth-order valence-corrected chi connectivity index (χ4v) is 3.16. The topological polar surface area (TPSA) is 30.7 Å². The van der Waals surface area contributed by atoms with Crippen molar-refractivity contribution < 1.29 is 0 Å². The molecular weight excluding hydrogens is 306 g/mol. The van der Waals surface area contributed by atoms with Crippen LogP contribution in [0.5, 0.6) is 0 Å². The van der Waals surface area contributed by atoms with E-state index in [2.05, 4.69) is 58.1 Å². The summed E-state index contributed by atoms with van der Waals surface area (Å²) >= 11 is 0. The van der Waals surface area contributed by atoms with Gasteiger partial charge in [0, 0.05) is 12.7 Å². The maximum atomic E-state index is 4.33. The number of nitrogens with zero attached hydrogens (tertiary/aromatic N) is 3. The van der Waals surface area contributed by atoms with Crippen LogP contribution in [0.1, 0.15) is 111 Å². The van der Waals surface area contributed by atoms with E-state index in [0.717, 1.165) is 13.0 Å². The van der Waals surface area contributed by atoms with Gasteiger partial charge in [0.2, 0.25) is 0 Å². The van der Waals surface area contributed by atoms with Gasteiger partial charge in [0.25, 0.3) is 0 Å². The average molecular weight is 350 g/mol. The summed E-state index contributed by atoms with van der Waals surface area (Å²) in [5, 5.41) is 8.62. The van der Waals surface area contributed by atoms with Crippen molar-refractivity contribution in [2.24, 2.45) is 10.8 Å². The molecule has 0 fully saturated rings.